The van der Waals surface area contributed by atoms with Crippen molar-refractivity contribution in [2.24, 2.45) is 0 Å². The molecule has 0 amide bonds. The molecule has 0 unspecified atom stereocenters. The van der Waals surface area contributed by atoms with Crippen molar-refractivity contribution in [2.75, 3.05) is 40.3 Å². The molecule has 0 atom stereocenters. The smallest absolute Gasteiger partial charge is 0.0122 e. The third kappa shape index (κ3) is 11.4. The van der Waals surface area contributed by atoms with Gasteiger partial charge in [0, 0.05) is 11.1 Å². The zero-order valence-corrected chi connectivity index (χ0v) is 14.6. The molecule has 0 rings (SSSR count). The van der Waals surface area contributed by atoms with E-state index in [2.05, 4.69) is 70.8 Å². The zero-order valence-electron chi connectivity index (χ0n) is 14.6. The highest BCUT2D eigenvalue weighted by Gasteiger charge is 2.16. The molecule has 1 N–H and O–H groups in total. The maximum Gasteiger partial charge on any atom is 0.0122 e. The van der Waals surface area contributed by atoms with Crippen LogP contribution in [0.4, 0.5) is 0 Å². The van der Waals surface area contributed by atoms with Crippen LogP contribution < -0.4 is 5.32 Å². The van der Waals surface area contributed by atoms with E-state index >= 15 is 0 Å². The lowest BCUT2D eigenvalue weighted by molar-refractivity contribution is 0.165. The Morgan fingerprint density at radius 2 is 1.32 bits per heavy atom. The summed E-state index contributed by atoms with van der Waals surface area (Å²) in [6, 6.07) is 0. The van der Waals surface area contributed by atoms with Gasteiger partial charge in [0.05, 0.1) is 0 Å². The normalized spacial score (nSPS) is 13.6. The molecule has 0 aliphatic carbocycles. The van der Waals surface area contributed by atoms with E-state index in [0.717, 1.165) is 6.54 Å². The second-order valence-corrected chi connectivity index (χ2v) is 7.78. The van der Waals surface area contributed by atoms with Gasteiger partial charge in [-0.15, -0.1) is 0 Å². The van der Waals surface area contributed by atoms with Crippen LogP contribution in [-0.2, 0) is 0 Å². The Bertz CT molecular complexity index is 225. The zero-order chi connectivity index (χ0) is 15.1. The molecule has 0 radical (unpaired) electrons. The molecule has 3 heteroatoms. The van der Waals surface area contributed by atoms with Gasteiger partial charge in [-0.3, -0.25) is 0 Å². The van der Waals surface area contributed by atoms with E-state index in [1.54, 1.807) is 0 Å². The number of nitrogens with zero attached hydrogens (tertiary/aromatic N) is 2. The molecule has 3 nitrogen and oxygen atoms in total. The Labute approximate surface area is 121 Å². The summed E-state index contributed by atoms with van der Waals surface area (Å²) in [5, 5.41) is 3.54. The van der Waals surface area contributed by atoms with Crippen molar-refractivity contribution in [3.8, 4) is 0 Å². The summed E-state index contributed by atoms with van der Waals surface area (Å²) in [5.74, 6) is 0. The van der Waals surface area contributed by atoms with Gasteiger partial charge in [-0.1, -0.05) is 0 Å². The molecule has 0 aliphatic heterocycles. The van der Waals surface area contributed by atoms with E-state index in [9.17, 15) is 0 Å². The number of hydrogen-bond acceptors (Lipinski definition) is 3. The summed E-state index contributed by atoms with van der Waals surface area (Å²) >= 11 is 0. The van der Waals surface area contributed by atoms with E-state index in [1.165, 1.54) is 32.5 Å². The third-order valence-electron chi connectivity index (χ3n) is 3.55. The van der Waals surface area contributed by atoms with E-state index in [1.807, 2.05) is 0 Å². The van der Waals surface area contributed by atoms with Crippen molar-refractivity contribution in [1.29, 1.82) is 0 Å². The van der Waals surface area contributed by atoms with Gasteiger partial charge in [-0.25, -0.2) is 0 Å². The Balaban J connectivity index is 3.58. The molecule has 0 bridgehead atoms. The van der Waals surface area contributed by atoms with Crippen LogP contribution in [0.3, 0.4) is 0 Å². The first kappa shape index (κ1) is 18.9. The largest absolute Gasteiger partial charge is 0.312 e. The third-order valence-corrected chi connectivity index (χ3v) is 3.55. The lowest BCUT2D eigenvalue weighted by Crippen LogP contribution is -2.40. The van der Waals surface area contributed by atoms with E-state index in [4.69, 9.17) is 0 Å². The predicted molar refractivity (Wildman–Crippen MR) is 86.9 cm³/mol. The first-order valence-corrected chi connectivity index (χ1v) is 7.67. The van der Waals surface area contributed by atoms with Crippen molar-refractivity contribution in [3.63, 3.8) is 0 Å². The first-order valence-electron chi connectivity index (χ1n) is 7.67. The fourth-order valence-corrected chi connectivity index (χ4v) is 1.84. The second-order valence-electron chi connectivity index (χ2n) is 7.78. The molecule has 0 aromatic carbocycles. The molecule has 19 heavy (non-hydrogen) atoms. The molecule has 0 fully saturated rings. The maximum atomic E-state index is 3.54. The van der Waals surface area contributed by atoms with Crippen molar-refractivity contribution in [3.05, 3.63) is 0 Å². The van der Waals surface area contributed by atoms with Crippen molar-refractivity contribution < 1.29 is 0 Å². The van der Waals surface area contributed by atoms with E-state index in [-0.39, 0.29) is 11.1 Å². The lowest BCUT2D eigenvalue weighted by atomic mass is 10.1. The number of hydrogen-bond donors (Lipinski definition) is 1. The summed E-state index contributed by atoms with van der Waals surface area (Å²) < 4.78 is 0. The van der Waals surface area contributed by atoms with Crippen molar-refractivity contribution in [1.82, 2.24) is 15.1 Å². The quantitative estimate of drug-likeness (QED) is 0.685. The molecule has 0 spiro atoms. The lowest BCUT2D eigenvalue weighted by Gasteiger charge is -2.32. The van der Waals surface area contributed by atoms with Crippen LogP contribution >= 0.6 is 0 Å². The monoisotopic (exact) mass is 271 g/mol. The first-order chi connectivity index (χ1) is 8.52. The van der Waals surface area contributed by atoms with Gasteiger partial charge in [0.2, 0.25) is 0 Å². The molecule has 0 heterocycles. The fraction of sp³-hybridized carbons (Fsp3) is 1.00. The number of nitrogens with one attached hydrogen (secondary N) is 1. The average Bonchev–Trinajstić information content (AvgIpc) is 2.21. The Morgan fingerprint density at radius 3 is 1.79 bits per heavy atom. The average molecular weight is 271 g/mol. The van der Waals surface area contributed by atoms with Gasteiger partial charge < -0.3 is 15.1 Å². The summed E-state index contributed by atoms with van der Waals surface area (Å²) in [6.45, 7) is 18.1. The highest BCUT2D eigenvalue weighted by Crippen LogP contribution is 2.10. The van der Waals surface area contributed by atoms with Crippen LogP contribution in [0, 0.1) is 0 Å². The van der Waals surface area contributed by atoms with Gasteiger partial charge in [0.25, 0.3) is 0 Å². The fourth-order valence-electron chi connectivity index (χ4n) is 1.84. The Morgan fingerprint density at radius 1 is 0.789 bits per heavy atom. The SMILES string of the molecule is CN(CCCNC(C)(C)C)CCCN(C)C(C)(C)C. The van der Waals surface area contributed by atoms with Crippen LogP contribution in [0.2, 0.25) is 0 Å². The van der Waals surface area contributed by atoms with Crippen molar-refractivity contribution in [2.45, 2.75) is 65.5 Å². The predicted octanol–water partition coefficient (Wildman–Crippen LogP) is 2.82. The molecule has 0 aromatic heterocycles. The van der Waals surface area contributed by atoms with Crippen LogP contribution in [0.25, 0.3) is 0 Å². The maximum absolute atomic E-state index is 3.54. The standard InChI is InChI=1S/C16H37N3/c1-15(2,3)17-11-9-12-18(7)13-10-14-19(8)16(4,5)6/h17H,9-14H2,1-8H3. The molecule has 0 aliphatic rings. The molecule has 116 valence electrons. The van der Waals surface area contributed by atoms with Crippen LogP contribution in [-0.4, -0.2) is 61.2 Å². The van der Waals surface area contributed by atoms with Crippen LogP contribution in [0.1, 0.15) is 54.4 Å². The Hall–Kier alpha value is -0.120. The van der Waals surface area contributed by atoms with E-state index in [0.29, 0.717) is 0 Å². The number of rotatable bonds is 8. The summed E-state index contributed by atoms with van der Waals surface area (Å²) in [4.78, 5) is 4.88. The molecular weight excluding hydrogens is 234 g/mol. The van der Waals surface area contributed by atoms with Crippen LogP contribution in [0.15, 0.2) is 0 Å². The topological polar surface area (TPSA) is 18.5 Å². The van der Waals surface area contributed by atoms with Gasteiger partial charge >= 0.3 is 0 Å². The molecule has 0 aromatic rings. The van der Waals surface area contributed by atoms with Gasteiger partial charge in [0.1, 0.15) is 0 Å². The summed E-state index contributed by atoms with van der Waals surface area (Å²) in [7, 11) is 4.45. The second kappa shape index (κ2) is 8.23. The minimum Gasteiger partial charge on any atom is -0.312 e. The Kier molecular flexibility index (Phi) is 8.18. The molecule has 0 saturated carbocycles. The molecular formula is C16H37N3. The summed E-state index contributed by atoms with van der Waals surface area (Å²) in [5.41, 5.74) is 0.531. The highest BCUT2D eigenvalue weighted by atomic mass is 15.2. The van der Waals surface area contributed by atoms with Gasteiger partial charge in [-0.2, -0.15) is 0 Å². The summed E-state index contributed by atoms with van der Waals surface area (Å²) in [6.07, 6.45) is 2.47. The van der Waals surface area contributed by atoms with Crippen LogP contribution in [0.5, 0.6) is 0 Å². The minimum atomic E-state index is 0.244. The van der Waals surface area contributed by atoms with Gasteiger partial charge in [0.15, 0.2) is 0 Å². The van der Waals surface area contributed by atoms with E-state index < -0.39 is 0 Å². The highest BCUT2D eigenvalue weighted by molar-refractivity contribution is 4.73. The minimum absolute atomic E-state index is 0.244. The van der Waals surface area contributed by atoms with Crippen molar-refractivity contribution >= 4 is 0 Å². The molecule has 0 saturated heterocycles. The van der Waals surface area contributed by atoms with Gasteiger partial charge in [-0.05, 0) is 94.7 Å².